The molecule has 0 aromatic heterocycles. The molecule has 3 rings (SSSR count). The number of rotatable bonds is 2. The SMILES string of the molecule is CC1(C)C=C2NC(=O)C[C@H](C(=O)Nc3cc(Cl)cc(Cl)c3)[C@@H]2C(=O)C1. The summed E-state index contributed by atoms with van der Waals surface area (Å²) < 4.78 is 0. The predicted octanol–water partition coefficient (Wildman–Crippen LogP) is 3.57. The van der Waals surface area contributed by atoms with E-state index in [1.807, 2.05) is 19.9 Å². The van der Waals surface area contributed by atoms with Gasteiger partial charge in [0.2, 0.25) is 11.8 Å². The Hall–Kier alpha value is -1.85. The number of ketones is 1. The van der Waals surface area contributed by atoms with E-state index in [2.05, 4.69) is 10.6 Å². The number of allylic oxidation sites excluding steroid dienone is 2. The number of anilines is 1. The number of hydrogen-bond acceptors (Lipinski definition) is 3. The smallest absolute Gasteiger partial charge is 0.229 e. The molecular formula is C18H18Cl2N2O3. The van der Waals surface area contributed by atoms with Gasteiger partial charge in [-0.25, -0.2) is 0 Å². The minimum absolute atomic E-state index is 0.0334. The third-order valence-electron chi connectivity index (χ3n) is 4.42. The first kappa shape index (κ1) is 18.0. The fourth-order valence-corrected chi connectivity index (χ4v) is 4.01. The number of amides is 2. The molecule has 1 heterocycles. The van der Waals surface area contributed by atoms with Gasteiger partial charge in [-0.3, -0.25) is 14.4 Å². The Kier molecular flexibility index (Phi) is 4.64. The average molecular weight is 381 g/mol. The number of fused-ring (bicyclic) bond motifs is 1. The minimum atomic E-state index is -0.749. The quantitative estimate of drug-likeness (QED) is 0.823. The number of halogens is 2. The van der Waals surface area contributed by atoms with Crippen molar-refractivity contribution in [3.8, 4) is 0 Å². The summed E-state index contributed by atoms with van der Waals surface area (Å²) in [5.41, 5.74) is 0.624. The van der Waals surface area contributed by atoms with Crippen molar-refractivity contribution in [3.05, 3.63) is 40.0 Å². The lowest BCUT2D eigenvalue weighted by molar-refractivity contribution is -0.136. The predicted molar refractivity (Wildman–Crippen MR) is 96.3 cm³/mol. The summed E-state index contributed by atoms with van der Waals surface area (Å²) in [6, 6.07) is 4.69. The molecule has 2 aliphatic rings. The molecule has 1 aromatic rings. The first-order valence-corrected chi connectivity index (χ1v) is 8.72. The molecule has 0 bridgehead atoms. The Morgan fingerprint density at radius 1 is 1.20 bits per heavy atom. The highest BCUT2D eigenvalue weighted by Gasteiger charge is 2.45. The Labute approximate surface area is 155 Å². The highest BCUT2D eigenvalue weighted by molar-refractivity contribution is 6.35. The molecule has 1 aliphatic carbocycles. The van der Waals surface area contributed by atoms with Crippen LogP contribution in [-0.4, -0.2) is 17.6 Å². The second kappa shape index (κ2) is 6.46. The van der Waals surface area contributed by atoms with Crippen molar-refractivity contribution in [1.29, 1.82) is 0 Å². The van der Waals surface area contributed by atoms with Crippen LogP contribution in [-0.2, 0) is 14.4 Å². The van der Waals surface area contributed by atoms with E-state index in [1.54, 1.807) is 18.2 Å². The average Bonchev–Trinajstić information content (AvgIpc) is 2.43. The van der Waals surface area contributed by atoms with E-state index in [1.165, 1.54) is 0 Å². The van der Waals surface area contributed by atoms with Crippen molar-refractivity contribution in [2.24, 2.45) is 17.3 Å². The summed E-state index contributed by atoms with van der Waals surface area (Å²) in [5, 5.41) is 6.25. The molecule has 0 radical (unpaired) electrons. The van der Waals surface area contributed by atoms with Crippen molar-refractivity contribution >= 4 is 46.5 Å². The number of Topliss-reactive ketones (excluding diaryl/α,β-unsaturated/α-hetero) is 1. The Bertz CT molecular complexity index is 781. The number of benzene rings is 1. The molecule has 0 unspecified atom stereocenters. The van der Waals surface area contributed by atoms with Gasteiger partial charge in [0.05, 0.1) is 11.8 Å². The van der Waals surface area contributed by atoms with Crippen molar-refractivity contribution in [1.82, 2.24) is 5.32 Å². The Morgan fingerprint density at radius 3 is 2.48 bits per heavy atom. The van der Waals surface area contributed by atoms with Gasteiger partial charge in [-0.05, 0) is 23.6 Å². The Morgan fingerprint density at radius 2 is 1.84 bits per heavy atom. The largest absolute Gasteiger partial charge is 0.329 e. The van der Waals surface area contributed by atoms with E-state index < -0.39 is 17.7 Å². The van der Waals surface area contributed by atoms with Crippen LogP contribution in [0.1, 0.15) is 26.7 Å². The summed E-state index contributed by atoms with van der Waals surface area (Å²) in [6.45, 7) is 3.86. The lowest BCUT2D eigenvalue weighted by Gasteiger charge is -2.38. The lowest BCUT2D eigenvalue weighted by Crippen LogP contribution is -2.49. The first-order chi connectivity index (χ1) is 11.6. The molecule has 132 valence electrons. The number of piperidine rings is 1. The van der Waals surface area contributed by atoms with Gasteiger partial charge in [-0.1, -0.05) is 43.1 Å². The van der Waals surface area contributed by atoms with Crippen LogP contribution in [0.3, 0.4) is 0 Å². The zero-order valence-corrected chi connectivity index (χ0v) is 15.4. The highest BCUT2D eigenvalue weighted by atomic mass is 35.5. The summed E-state index contributed by atoms with van der Waals surface area (Å²) in [5.74, 6) is -2.07. The summed E-state index contributed by atoms with van der Waals surface area (Å²) in [7, 11) is 0. The second-order valence-electron chi connectivity index (χ2n) is 7.22. The molecular weight excluding hydrogens is 363 g/mol. The van der Waals surface area contributed by atoms with E-state index in [9.17, 15) is 14.4 Å². The van der Waals surface area contributed by atoms with Crippen LogP contribution in [0.2, 0.25) is 10.0 Å². The fraction of sp³-hybridized carbons (Fsp3) is 0.389. The van der Waals surface area contributed by atoms with Crippen LogP contribution < -0.4 is 10.6 Å². The highest BCUT2D eigenvalue weighted by Crippen LogP contribution is 2.40. The fourth-order valence-electron chi connectivity index (χ4n) is 3.48. The van der Waals surface area contributed by atoms with Gasteiger partial charge in [0.1, 0.15) is 5.78 Å². The van der Waals surface area contributed by atoms with E-state index in [4.69, 9.17) is 23.2 Å². The van der Waals surface area contributed by atoms with Gasteiger partial charge in [-0.2, -0.15) is 0 Å². The van der Waals surface area contributed by atoms with E-state index in [0.717, 1.165) is 0 Å². The number of hydrogen-bond donors (Lipinski definition) is 2. The normalized spacial score (nSPS) is 24.9. The number of carbonyl (C=O) groups excluding carboxylic acids is 3. The van der Waals surface area contributed by atoms with Crippen molar-refractivity contribution < 1.29 is 14.4 Å². The molecule has 1 fully saturated rings. The molecule has 2 N–H and O–H groups in total. The molecule has 2 atom stereocenters. The zero-order chi connectivity index (χ0) is 18.4. The van der Waals surface area contributed by atoms with Crippen LogP contribution in [0.5, 0.6) is 0 Å². The van der Waals surface area contributed by atoms with E-state index >= 15 is 0 Å². The maximum atomic E-state index is 12.7. The first-order valence-electron chi connectivity index (χ1n) is 7.97. The molecule has 2 amide bonds. The summed E-state index contributed by atoms with van der Waals surface area (Å²) in [4.78, 5) is 37.4. The van der Waals surface area contributed by atoms with Crippen molar-refractivity contribution in [2.45, 2.75) is 26.7 Å². The second-order valence-corrected chi connectivity index (χ2v) is 8.09. The molecule has 7 heteroatoms. The molecule has 1 saturated heterocycles. The third-order valence-corrected chi connectivity index (χ3v) is 4.85. The summed E-state index contributed by atoms with van der Waals surface area (Å²) >= 11 is 11.9. The van der Waals surface area contributed by atoms with Crippen LogP contribution in [0.15, 0.2) is 30.0 Å². The maximum absolute atomic E-state index is 12.7. The molecule has 1 aromatic carbocycles. The topological polar surface area (TPSA) is 75.3 Å². The standard InChI is InChI=1S/C18H18Cl2N2O3/c1-18(2)7-13-16(14(23)8-18)12(6-15(24)22-13)17(25)21-11-4-9(19)3-10(20)5-11/h3-5,7,12,16H,6,8H2,1-2H3,(H,21,25)(H,22,24)/t12-,16-/m0/s1. The van der Waals surface area contributed by atoms with Gasteiger partial charge in [0.15, 0.2) is 0 Å². The minimum Gasteiger partial charge on any atom is -0.329 e. The van der Waals surface area contributed by atoms with Crippen LogP contribution in [0.4, 0.5) is 5.69 Å². The van der Waals surface area contributed by atoms with Crippen molar-refractivity contribution in [3.63, 3.8) is 0 Å². The monoisotopic (exact) mass is 380 g/mol. The van der Waals surface area contributed by atoms with E-state index in [-0.39, 0.29) is 23.5 Å². The van der Waals surface area contributed by atoms with Gasteiger partial charge in [0, 0.05) is 34.3 Å². The lowest BCUT2D eigenvalue weighted by atomic mass is 9.69. The molecule has 25 heavy (non-hydrogen) atoms. The molecule has 0 saturated carbocycles. The van der Waals surface area contributed by atoms with Crippen molar-refractivity contribution in [2.75, 3.05) is 5.32 Å². The summed E-state index contributed by atoms with van der Waals surface area (Å²) in [6.07, 6.45) is 2.19. The van der Waals surface area contributed by atoms with Crippen LogP contribution in [0, 0.1) is 17.3 Å². The van der Waals surface area contributed by atoms with Gasteiger partial charge in [0.25, 0.3) is 0 Å². The van der Waals surface area contributed by atoms with Crippen LogP contribution >= 0.6 is 23.2 Å². The van der Waals surface area contributed by atoms with Gasteiger partial charge < -0.3 is 10.6 Å². The molecule has 0 spiro atoms. The maximum Gasteiger partial charge on any atom is 0.229 e. The van der Waals surface area contributed by atoms with E-state index in [0.29, 0.717) is 27.9 Å². The van der Waals surface area contributed by atoms with Crippen LogP contribution in [0.25, 0.3) is 0 Å². The molecule has 5 nitrogen and oxygen atoms in total. The third kappa shape index (κ3) is 3.88. The van der Waals surface area contributed by atoms with Gasteiger partial charge >= 0.3 is 0 Å². The molecule has 1 aliphatic heterocycles. The van der Waals surface area contributed by atoms with Gasteiger partial charge in [-0.15, -0.1) is 0 Å². The Balaban J connectivity index is 1.88. The number of carbonyl (C=O) groups is 3. The zero-order valence-electron chi connectivity index (χ0n) is 13.9. The number of nitrogens with one attached hydrogen (secondary N) is 2.